The standard InChI is InChI=1S/C14H15NO4/c1-2-8-19-14(18)15-7-3-4-10-9-11(13(16)17)5-6-12(10)15/h2,5-6,9H,1,3-4,7-8H2,(H,16,17). The van der Waals surface area contributed by atoms with Crippen LogP contribution in [-0.2, 0) is 11.2 Å². The van der Waals surface area contributed by atoms with Gasteiger partial charge in [0.2, 0.25) is 0 Å². The van der Waals surface area contributed by atoms with Crippen LogP contribution in [0.4, 0.5) is 10.5 Å². The predicted octanol–water partition coefficient (Wildman–Crippen LogP) is 2.46. The van der Waals surface area contributed by atoms with Gasteiger partial charge in [0.15, 0.2) is 0 Å². The molecule has 19 heavy (non-hydrogen) atoms. The van der Waals surface area contributed by atoms with Gasteiger partial charge in [-0.05, 0) is 36.6 Å². The van der Waals surface area contributed by atoms with E-state index in [1.807, 2.05) is 0 Å². The highest BCUT2D eigenvalue weighted by Gasteiger charge is 2.24. The van der Waals surface area contributed by atoms with Gasteiger partial charge in [-0.25, -0.2) is 9.59 Å². The van der Waals surface area contributed by atoms with Crippen molar-refractivity contribution in [3.63, 3.8) is 0 Å². The third kappa shape index (κ3) is 2.76. The van der Waals surface area contributed by atoms with Crippen molar-refractivity contribution in [2.75, 3.05) is 18.1 Å². The van der Waals surface area contributed by atoms with E-state index in [9.17, 15) is 9.59 Å². The fraction of sp³-hybridized carbons (Fsp3) is 0.286. The number of carbonyl (C=O) groups excluding carboxylic acids is 1. The zero-order valence-electron chi connectivity index (χ0n) is 10.5. The SMILES string of the molecule is C=CCOC(=O)N1CCCc2cc(C(=O)O)ccc21. The number of aromatic carboxylic acids is 1. The second-order valence-electron chi connectivity index (χ2n) is 4.27. The number of ether oxygens (including phenoxy) is 1. The zero-order chi connectivity index (χ0) is 13.8. The van der Waals surface area contributed by atoms with Gasteiger partial charge in [-0.1, -0.05) is 12.7 Å². The number of anilines is 1. The quantitative estimate of drug-likeness (QED) is 0.849. The Morgan fingerprint density at radius 3 is 2.95 bits per heavy atom. The molecule has 1 aliphatic heterocycles. The Hall–Kier alpha value is -2.30. The highest BCUT2D eigenvalue weighted by atomic mass is 16.6. The number of nitrogens with zero attached hydrogens (tertiary/aromatic N) is 1. The normalized spacial score (nSPS) is 13.6. The Bertz CT molecular complexity index is 524. The molecule has 1 aromatic rings. The van der Waals surface area contributed by atoms with Gasteiger partial charge in [0.1, 0.15) is 6.61 Å². The second-order valence-corrected chi connectivity index (χ2v) is 4.27. The highest BCUT2D eigenvalue weighted by molar-refractivity contribution is 5.92. The minimum Gasteiger partial charge on any atom is -0.478 e. The molecule has 1 amide bonds. The van der Waals surface area contributed by atoms with Crippen molar-refractivity contribution in [2.45, 2.75) is 12.8 Å². The van der Waals surface area contributed by atoms with Crippen LogP contribution >= 0.6 is 0 Å². The molecule has 0 unspecified atom stereocenters. The van der Waals surface area contributed by atoms with Crippen molar-refractivity contribution in [3.05, 3.63) is 42.0 Å². The summed E-state index contributed by atoms with van der Waals surface area (Å²) < 4.78 is 5.02. The smallest absolute Gasteiger partial charge is 0.414 e. The molecular weight excluding hydrogens is 246 g/mol. The maximum Gasteiger partial charge on any atom is 0.414 e. The summed E-state index contributed by atoms with van der Waals surface area (Å²) in [6.07, 6.45) is 2.64. The monoisotopic (exact) mass is 261 g/mol. The number of hydrogen-bond donors (Lipinski definition) is 1. The Morgan fingerprint density at radius 1 is 1.47 bits per heavy atom. The van der Waals surface area contributed by atoms with E-state index in [-0.39, 0.29) is 12.2 Å². The topological polar surface area (TPSA) is 66.8 Å². The molecule has 1 aliphatic rings. The van der Waals surface area contributed by atoms with Crippen LogP contribution in [0.3, 0.4) is 0 Å². The fourth-order valence-corrected chi connectivity index (χ4v) is 2.13. The van der Waals surface area contributed by atoms with E-state index >= 15 is 0 Å². The van der Waals surface area contributed by atoms with E-state index in [0.29, 0.717) is 6.54 Å². The molecule has 100 valence electrons. The largest absolute Gasteiger partial charge is 0.478 e. The first-order chi connectivity index (χ1) is 9.13. The van der Waals surface area contributed by atoms with E-state index in [1.54, 1.807) is 12.1 Å². The lowest BCUT2D eigenvalue weighted by Crippen LogP contribution is -2.36. The molecule has 0 atom stereocenters. The molecule has 0 radical (unpaired) electrons. The van der Waals surface area contributed by atoms with Gasteiger partial charge in [-0.3, -0.25) is 4.90 Å². The summed E-state index contributed by atoms with van der Waals surface area (Å²) >= 11 is 0. The number of aryl methyl sites for hydroxylation is 1. The number of carboxylic acids is 1. The van der Waals surface area contributed by atoms with Crippen LogP contribution in [0.5, 0.6) is 0 Å². The number of benzene rings is 1. The van der Waals surface area contributed by atoms with Crippen molar-refractivity contribution < 1.29 is 19.4 Å². The lowest BCUT2D eigenvalue weighted by Gasteiger charge is -2.28. The average Bonchev–Trinajstić information content (AvgIpc) is 2.43. The van der Waals surface area contributed by atoms with Crippen LogP contribution in [0.15, 0.2) is 30.9 Å². The van der Waals surface area contributed by atoms with Gasteiger partial charge >= 0.3 is 12.1 Å². The van der Waals surface area contributed by atoms with Gasteiger partial charge in [0, 0.05) is 6.54 Å². The first kappa shape index (κ1) is 13.1. The summed E-state index contributed by atoms with van der Waals surface area (Å²) in [6.45, 7) is 4.24. The molecule has 1 heterocycles. The summed E-state index contributed by atoms with van der Waals surface area (Å²) in [5.74, 6) is -0.964. The molecule has 0 saturated heterocycles. The van der Waals surface area contributed by atoms with Crippen LogP contribution < -0.4 is 4.90 Å². The molecule has 0 fully saturated rings. The zero-order valence-corrected chi connectivity index (χ0v) is 10.5. The Kier molecular flexibility index (Phi) is 3.85. The fourth-order valence-electron chi connectivity index (χ4n) is 2.13. The molecule has 0 bridgehead atoms. The number of hydrogen-bond acceptors (Lipinski definition) is 3. The van der Waals surface area contributed by atoms with Crippen molar-refractivity contribution in [2.24, 2.45) is 0 Å². The Labute approximate surface area is 111 Å². The van der Waals surface area contributed by atoms with Crippen LogP contribution in [0.25, 0.3) is 0 Å². The van der Waals surface area contributed by atoms with E-state index in [4.69, 9.17) is 9.84 Å². The second kappa shape index (κ2) is 5.56. The van der Waals surface area contributed by atoms with Crippen LogP contribution in [0.2, 0.25) is 0 Å². The van der Waals surface area contributed by atoms with Crippen molar-refractivity contribution in [1.29, 1.82) is 0 Å². The highest BCUT2D eigenvalue weighted by Crippen LogP contribution is 2.28. The minimum atomic E-state index is -0.964. The molecule has 2 rings (SSSR count). The molecular formula is C14H15NO4. The molecule has 1 N–H and O–H groups in total. The number of amides is 1. The summed E-state index contributed by atoms with van der Waals surface area (Å²) in [7, 11) is 0. The molecule has 0 spiro atoms. The van der Waals surface area contributed by atoms with Gasteiger partial charge in [0.25, 0.3) is 0 Å². The summed E-state index contributed by atoms with van der Waals surface area (Å²) in [5, 5.41) is 8.96. The maximum absolute atomic E-state index is 11.9. The molecule has 5 heteroatoms. The number of carboxylic acid groups (broad SMARTS) is 1. The van der Waals surface area contributed by atoms with Crippen molar-refractivity contribution in [1.82, 2.24) is 0 Å². The third-order valence-electron chi connectivity index (χ3n) is 2.99. The van der Waals surface area contributed by atoms with E-state index in [1.165, 1.54) is 17.0 Å². The predicted molar refractivity (Wildman–Crippen MR) is 70.6 cm³/mol. The van der Waals surface area contributed by atoms with Crippen LogP contribution in [0.1, 0.15) is 22.3 Å². The Balaban J connectivity index is 2.26. The lowest BCUT2D eigenvalue weighted by atomic mass is 9.99. The van der Waals surface area contributed by atoms with Gasteiger partial charge < -0.3 is 9.84 Å². The third-order valence-corrected chi connectivity index (χ3v) is 2.99. The lowest BCUT2D eigenvalue weighted by molar-refractivity contribution is 0.0696. The summed E-state index contributed by atoms with van der Waals surface area (Å²) in [5.41, 5.74) is 1.83. The number of rotatable bonds is 3. The molecule has 0 aromatic heterocycles. The molecule has 5 nitrogen and oxygen atoms in total. The minimum absolute atomic E-state index is 0.165. The van der Waals surface area contributed by atoms with Gasteiger partial charge in [-0.15, -0.1) is 0 Å². The summed E-state index contributed by atoms with van der Waals surface area (Å²) in [6, 6.07) is 4.78. The van der Waals surface area contributed by atoms with Gasteiger partial charge in [-0.2, -0.15) is 0 Å². The van der Waals surface area contributed by atoms with E-state index < -0.39 is 12.1 Å². The van der Waals surface area contributed by atoms with Crippen molar-refractivity contribution >= 4 is 17.7 Å². The number of fused-ring (bicyclic) bond motifs is 1. The van der Waals surface area contributed by atoms with Crippen LogP contribution in [-0.4, -0.2) is 30.3 Å². The van der Waals surface area contributed by atoms with Gasteiger partial charge in [0.05, 0.1) is 11.3 Å². The van der Waals surface area contributed by atoms with E-state index in [2.05, 4.69) is 6.58 Å². The Morgan fingerprint density at radius 2 is 2.26 bits per heavy atom. The van der Waals surface area contributed by atoms with Crippen LogP contribution in [0, 0.1) is 0 Å². The van der Waals surface area contributed by atoms with E-state index in [0.717, 1.165) is 24.1 Å². The first-order valence-corrected chi connectivity index (χ1v) is 6.05. The number of carbonyl (C=O) groups is 2. The molecule has 1 aromatic carbocycles. The molecule has 0 saturated carbocycles. The van der Waals surface area contributed by atoms with Crippen molar-refractivity contribution in [3.8, 4) is 0 Å². The maximum atomic E-state index is 11.9. The average molecular weight is 261 g/mol. The molecule has 0 aliphatic carbocycles. The summed E-state index contributed by atoms with van der Waals surface area (Å²) in [4.78, 5) is 24.3. The first-order valence-electron chi connectivity index (χ1n) is 6.05.